The molecule has 1 N–H and O–H groups in total. The van der Waals surface area contributed by atoms with Crippen LogP contribution in [-0.2, 0) is 0 Å². The van der Waals surface area contributed by atoms with Crippen LogP contribution in [0.2, 0.25) is 0 Å². The van der Waals surface area contributed by atoms with Crippen LogP contribution in [0.25, 0.3) is 0 Å². The maximum Gasteiger partial charge on any atom is 0.156 e. The maximum atomic E-state index is 4.53. The lowest BCUT2D eigenvalue weighted by Gasteiger charge is -2.05. The van der Waals surface area contributed by atoms with Gasteiger partial charge in [-0.15, -0.1) is 0 Å². The van der Waals surface area contributed by atoms with E-state index in [2.05, 4.69) is 31.1 Å². The van der Waals surface area contributed by atoms with Gasteiger partial charge >= 0.3 is 0 Å². The second-order valence-corrected chi connectivity index (χ2v) is 4.94. The summed E-state index contributed by atoms with van der Waals surface area (Å²) in [4.78, 5) is 4.53. The number of nitrogens with zero attached hydrogens (tertiary/aromatic N) is 1. The Morgan fingerprint density at radius 1 is 1.62 bits per heavy atom. The zero-order valence-corrected chi connectivity index (χ0v) is 9.66. The van der Waals surface area contributed by atoms with Crippen molar-refractivity contribution in [2.45, 2.75) is 39.7 Å². The minimum absolute atomic E-state index is 0.655. The van der Waals surface area contributed by atoms with Gasteiger partial charge in [0.15, 0.2) is 5.17 Å². The first-order valence-electron chi connectivity index (χ1n) is 5.16. The molecule has 1 aliphatic rings. The van der Waals surface area contributed by atoms with Gasteiger partial charge < -0.3 is 5.32 Å². The molecule has 1 fully saturated rings. The average molecular weight is 200 g/mol. The van der Waals surface area contributed by atoms with Crippen LogP contribution < -0.4 is 5.32 Å². The Balaban J connectivity index is 2.21. The summed E-state index contributed by atoms with van der Waals surface area (Å²) < 4.78 is 0. The quantitative estimate of drug-likeness (QED) is 0.754. The van der Waals surface area contributed by atoms with Crippen molar-refractivity contribution in [3.63, 3.8) is 0 Å². The molecule has 0 aromatic heterocycles. The van der Waals surface area contributed by atoms with E-state index in [4.69, 9.17) is 0 Å². The second kappa shape index (κ2) is 5.53. The van der Waals surface area contributed by atoms with Gasteiger partial charge in [0.05, 0.1) is 0 Å². The molecule has 1 aliphatic heterocycles. The summed E-state index contributed by atoms with van der Waals surface area (Å²) in [6.45, 7) is 7.67. The number of rotatable bonds is 4. The highest BCUT2D eigenvalue weighted by atomic mass is 32.2. The van der Waals surface area contributed by atoms with Crippen LogP contribution in [0.4, 0.5) is 0 Å². The predicted octanol–water partition coefficient (Wildman–Crippen LogP) is 2.50. The standard InChI is InChI=1S/C10H20N2S/c1-4-9-7-13-10(12-9)11-6-5-8(2)3/h8-9H,4-7H2,1-3H3,(H,11,12). The molecular formula is C10H20N2S. The molecule has 1 saturated heterocycles. The van der Waals surface area contributed by atoms with E-state index in [0.717, 1.165) is 17.6 Å². The van der Waals surface area contributed by atoms with Gasteiger partial charge in [-0.3, -0.25) is 4.99 Å². The van der Waals surface area contributed by atoms with Gasteiger partial charge in [0, 0.05) is 18.3 Å². The van der Waals surface area contributed by atoms with Crippen LogP contribution in [0.3, 0.4) is 0 Å². The molecule has 0 aliphatic carbocycles. The molecule has 76 valence electrons. The van der Waals surface area contributed by atoms with Crippen LogP contribution in [0, 0.1) is 5.92 Å². The van der Waals surface area contributed by atoms with E-state index in [9.17, 15) is 0 Å². The van der Waals surface area contributed by atoms with Gasteiger partial charge in [0.2, 0.25) is 0 Å². The number of amidine groups is 1. The average Bonchev–Trinajstić information content (AvgIpc) is 2.52. The fraction of sp³-hybridized carbons (Fsp3) is 0.900. The third-order valence-corrected chi connectivity index (χ3v) is 3.29. The molecule has 1 atom stereocenters. The molecule has 1 unspecified atom stereocenters. The van der Waals surface area contributed by atoms with Crippen molar-refractivity contribution < 1.29 is 0 Å². The minimum Gasteiger partial charge on any atom is -0.361 e. The summed E-state index contributed by atoms with van der Waals surface area (Å²) in [7, 11) is 0. The Labute approximate surface area is 85.6 Å². The number of aliphatic imine (C=N–C) groups is 1. The van der Waals surface area contributed by atoms with Crippen LogP contribution in [0.5, 0.6) is 0 Å². The van der Waals surface area contributed by atoms with E-state index < -0.39 is 0 Å². The summed E-state index contributed by atoms with van der Waals surface area (Å²) >= 11 is 1.87. The Kier molecular flexibility index (Phi) is 4.64. The SMILES string of the molecule is CCC1CSC(=NCCC(C)C)N1. The second-order valence-electron chi connectivity index (χ2n) is 3.93. The first-order chi connectivity index (χ1) is 6.22. The number of thioether (sulfide) groups is 1. The van der Waals surface area contributed by atoms with E-state index in [1.165, 1.54) is 18.6 Å². The molecule has 0 radical (unpaired) electrons. The Morgan fingerprint density at radius 3 is 2.92 bits per heavy atom. The van der Waals surface area contributed by atoms with E-state index in [-0.39, 0.29) is 0 Å². The number of hydrogen-bond donors (Lipinski definition) is 1. The summed E-state index contributed by atoms with van der Waals surface area (Å²) in [6, 6.07) is 0.655. The maximum absolute atomic E-state index is 4.53. The predicted molar refractivity (Wildman–Crippen MR) is 61.4 cm³/mol. The Bertz CT molecular complexity index is 178. The highest BCUT2D eigenvalue weighted by molar-refractivity contribution is 8.14. The molecule has 1 heterocycles. The Hall–Kier alpha value is -0.180. The van der Waals surface area contributed by atoms with Crippen molar-refractivity contribution in [1.82, 2.24) is 5.32 Å². The first-order valence-corrected chi connectivity index (χ1v) is 6.14. The molecule has 1 rings (SSSR count). The molecule has 0 bridgehead atoms. The van der Waals surface area contributed by atoms with Gasteiger partial charge in [0.1, 0.15) is 0 Å². The molecule has 0 amide bonds. The smallest absolute Gasteiger partial charge is 0.156 e. The normalized spacial score (nSPS) is 25.5. The highest BCUT2D eigenvalue weighted by Crippen LogP contribution is 2.15. The molecule has 2 nitrogen and oxygen atoms in total. The fourth-order valence-electron chi connectivity index (χ4n) is 1.17. The van der Waals surface area contributed by atoms with E-state index in [1.807, 2.05) is 11.8 Å². The van der Waals surface area contributed by atoms with Gasteiger partial charge in [-0.2, -0.15) is 0 Å². The van der Waals surface area contributed by atoms with Gasteiger partial charge in [0.25, 0.3) is 0 Å². The minimum atomic E-state index is 0.655. The zero-order valence-electron chi connectivity index (χ0n) is 8.84. The van der Waals surface area contributed by atoms with Gasteiger partial charge in [-0.1, -0.05) is 32.5 Å². The first kappa shape index (κ1) is 10.9. The lowest BCUT2D eigenvalue weighted by molar-refractivity contribution is 0.595. The Morgan fingerprint density at radius 2 is 2.38 bits per heavy atom. The molecule has 13 heavy (non-hydrogen) atoms. The summed E-state index contributed by atoms with van der Waals surface area (Å²) in [5.41, 5.74) is 0. The third-order valence-electron chi connectivity index (χ3n) is 2.20. The van der Waals surface area contributed by atoms with Crippen molar-refractivity contribution in [2.24, 2.45) is 10.9 Å². The molecule has 0 spiro atoms. The molecular weight excluding hydrogens is 180 g/mol. The molecule has 0 saturated carbocycles. The highest BCUT2D eigenvalue weighted by Gasteiger charge is 2.17. The van der Waals surface area contributed by atoms with Gasteiger partial charge in [-0.25, -0.2) is 0 Å². The third kappa shape index (κ3) is 4.03. The van der Waals surface area contributed by atoms with Crippen molar-refractivity contribution in [3.8, 4) is 0 Å². The van der Waals surface area contributed by atoms with E-state index in [1.54, 1.807) is 0 Å². The van der Waals surface area contributed by atoms with Crippen LogP contribution in [0.15, 0.2) is 4.99 Å². The van der Waals surface area contributed by atoms with E-state index >= 15 is 0 Å². The number of nitrogens with one attached hydrogen (secondary N) is 1. The van der Waals surface area contributed by atoms with Crippen molar-refractivity contribution >= 4 is 16.9 Å². The summed E-state index contributed by atoms with van der Waals surface area (Å²) in [5, 5.41) is 4.59. The summed E-state index contributed by atoms with van der Waals surface area (Å²) in [5.74, 6) is 1.95. The zero-order chi connectivity index (χ0) is 9.68. The monoisotopic (exact) mass is 200 g/mol. The van der Waals surface area contributed by atoms with E-state index in [0.29, 0.717) is 6.04 Å². The van der Waals surface area contributed by atoms with Crippen molar-refractivity contribution in [1.29, 1.82) is 0 Å². The fourth-order valence-corrected chi connectivity index (χ4v) is 2.28. The molecule has 3 heteroatoms. The van der Waals surface area contributed by atoms with Crippen LogP contribution >= 0.6 is 11.8 Å². The van der Waals surface area contributed by atoms with Crippen LogP contribution in [0.1, 0.15) is 33.6 Å². The lowest BCUT2D eigenvalue weighted by atomic mass is 10.1. The molecule has 0 aromatic rings. The molecule has 0 aromatic carbocycles. The lowest BCUT2D eigenvalue weighted by Crippen LogP contribution is -2.25. The largest absolute Gasteiger partial charge is 0.361 e. The summed E-state index contributed by atoms with van der Waals surface area (Å²) in [6.07, 6.45) is 2.40. The number of hydrogen-bond acceptors (Lipinski definition) is 2. The van der Waals surface area contributed by atoms with Crippen LogP contribution in [-0.4, -0.2) is 23.5 Å². The topological polar surface area (TPSA) is 24.4 Å². The van der Waals surface area contributed by atoms with Crippen molar-refractivity contribution in [3.05, 3.63) is 0 Å². The van der Waals surface area contributed by atoms with Gasteiger partial charge in [-0.05, 0) is 18.8 Å². The van der Waals surface area contributed by atoms with Crippen molar-refractivity contribution in [2.75, 3.05) is 12.3 Å².